The van der Waals surface area contributed by atoms with Gasteiger partial charge in [0, 0.05) is 11.4 Å². The number of amides is 2. The van der Waals surface area contributed by atoms with Crippen LogP contribution in [0.2, 0.25) is 0 Å². The minimum absolute atomic E-state index is 0.435. The van der Waals surface area contributed by atoms with Gasteiger partial charge in [-0.25, -0.2) is 9.59 Å². The Bertz CT molecular complexity index is 865. The summed E-state index contributed by atoms with van der Waals surface area (Å²) in [6, 6.07) is 0. The smallest absolute Gasteiger partial charge is 0.412 e. The molecule has 0 saturated carbocycles. The van der Waals surface area contributed by atoms with Gasteiger partial charge in [0.15, 0.2) is 0 Å². The van der Waals surface area contributed by atoms with Crippen molar-refractivity contribution in [3.8, 4) is 0 Å². The summed E-state index contributed by atoms with van der Waals surface area (Å²) in [5.41, 5.74) is 1.14. The molecule has 0 saturated heterocycles. The van der Waals surface area contributed by atoms with E-state index in [-0.39, 0.29) is 0 Å². The van der Waals surface area contributed by atoms with Gasteiger partial charge < -0.3 is 14.8 Å². The molecule has 0 aliphatic carbocycles. The van der Waals surface area contributed by atoms with E-state index in [4.69, 9.17) is 9.47 Å². The molecule has 2 amide bonds. The second kappa shape index (κ2) is 8.30. The monoisotopic (exact) mass is 408 g/mol. The predicted octanol–water partition coefficient (Wildman–Crippen LogP) is 4.41. The van der Waals surface area contributed by atoms with Crippen molar-refractivity contribution in [2.24, 2.45) is 0 Å². The first-order valence-corrected chi connectivity index (χ1v) is 9.88. The normalized spacial score (nSPS) is 12.0. The number of aromatic nitrogens is 2. The standard InChI is InChI=1S/C19H28N4O4S/c1-11-13(8-9-20-16(24)26-18(2,3)4)28-15-12(10-21-23-14(11)15)22-17(25)27-19(5,6)7/h10H,8-9H2,1-7H3,(H,20,24)(H,22,23,25). The number of carbonyl (C=O) groups is 2. The Morgan fingerprint density at radius 1 is 1.07 bits per heavy atom. The first-order valence-electron chi connectivity index (χ1n) is 9.06. The van der Waals surface area contributed by atoms with E-state index in [1.165, 1.54) is 17.5 Å². The number of anilines is 1. The molecule has 2 N–H and O–H groups in total. The summed E-state index contributed by atoms with van der Waals surface area (Å²) in [6.45, 7) is 13.3. The summed E-state index contributed by atoms with van der Waals surface area (Å²) < 4.78 is 11.4. The van der Waals surface area contributed by atoms with E-state index in [0.29, 0.717) is 18.7 Å². The van der Waals surface area contributed by atoms with Gasteiger partial charge in [-0.2, -0.15) is 5.10 Å². The molecule has 0 aromatic carbocycles. The second-order valence-electron chi connectivity index (χ2n) is 8.39. The summed E-state index contributed by atoms with van der Waals surface area (Å²) in [6.07, 6.45) is 1.14. The highest BCUT2D eigenvalue weighted by atomic mass is 32.1. The van der Waals surface area contributed by atoms with Crippen LogP contribution in [0.15, 0.2) is 6.20 Å². The van der Waals surface area contributed by atoms with Crippen molar-refractivity contribution in [1.82, 2.24) is 15.5 Å². The van der Waals surface area contributed by atoms with Crippen LogP contribution in [0.4, 0.5) is 15.3 Å². The maximum atomic E-state index is 12.1. The number of nitrogens with zero attached hydrogens (tertiary/aromatic N) is 2. The molecular formula is C19H28N4O4S. The van der Waals surface area contributed by atoms with Gasteiger partial charge in [-0.05, 0) is 60.5 Å². The Labute approximate surface area is 169 Å². The van der Waals surface area contributed by atoms with Gasteiger partial charge in [0.05, 0.1) is 16.6 Å². The predicted molar refractivity (Wildman–Crippen MR) is 110 cm³/mol. The van der Waals surface area contributed by atoms with Gasteiger partial charge in [-0.3, -0.25) is 5.32 Å². The molecule has 2 heterocycles. The molecule has 0 bridgehead atoms. The number of rotatable bonds is 4. The van der Waals surface area contributed by atoms with Crippen molar-refractivity contribution in [3.05, 3.63) is 16.6 Å². The number of hydrogen-bond acceptors (Lipinski definition) is 7. The highest BCUT2D eigenvalue weighted by molar-refractivity contribution is 7.19. The van der Waals surface area contributed by atoms with Crippen LogP contribution in [-0.4, -0.2) is 40.1 Å². The average molecular weight is 409 g/mol. The third-order valence-electron chi connectivity index (χ3n) is 3.46. The van der Waals surface area contributed by atoms with Crippen LogP contribution in [0.3, 0.4) is 0 Å². The molecule has 2 aromatic rings. The minimum atomic E-state index is -0.590. The largest absolute Gasteiger partial charge is 0.444 e. The number of ether oxygens (including phenoxy) is 2. The summed E-state index contributed by atoms with van der Waals surface area (Å²) in [5, 5.41) is 13.7. The maximum Gasteiger partial charge on any atom is 0.412 e. The Morgan fingerprint density at radius 2 is 1.68 bits per heavy atom. The number of alkyl carbamates (subject to hydrolysis) is 1. The van der Waals surface area contributed by atoms with Gasteiger partial charge in [0.1, 0.15) is 16.7 Å². The molecule has 2 rings (SSSR count). The molecule has 0 unspecified atom stereocenters. The second-order valence-corrected chi connectivity index (χ2v) is 9.50. The first-order chi connectivity index (χ1) is 12.9. The molecule has 8 nitrogen and oxygen atoms in total. The minimum Gasteiger partial charge on any atom is -0.444 e. The Morgan fingerprint density at radius 3 is 2.29 bits per heavy atom. The third-order valence-corrected chi connectivity index (χ3v) is 4.83. The number of aryl methyl sites for hydroxylation is 1. The van der Waals surface area contributed by atoms with Crippen LogP contribution >= 0.6 is 11.3 Å². The molecule has 154 valence electrons. The SMILES string of the molecule is Cc1c(CCNC(=O)OC(C)(C)C)sc2c(NC(=O)OC(C)(C)C)cnnc12. The van der Waals surface area contributed by atoms with Crippen molar-refractivity contribution >= 4 is 39.4 Å². The highest BCUT2D eigenvalue weighted by Crippen LogP contribution is 2.34. The number of hydrogen-bond donors (Lipinski definition) is 2. The molecule has 9 heteroatoms. The molecule has 2 aromatic heterocycles. The Balaban J connectivity index is 2.10. The fourth-order valence-corrected chi connectivity index (χ4v) is 3.59. The lowest BCUT2D eigenvalue weighted by Crippen LogP contribution is -2.33. The number of thiophene rings is 1. The number of fused-ring (bicyclic) bond motifs is 1. The van der Waals surface area contributed by atoms with Gasteiger partial charge >= 0.3 is 12.2 Å². The van der Waals surface area contributed by atoms with Crippen molar-refractivity contribution < 1.29 is 19.1 Å². The van der Waals surface area contributed by atoms with Gasteiger partial charge in [0.2, 0.25) is 0 Å². The molecule has 0 aliphatic rings. The van der Waals surface area contributed by atoms with Crippen molar-refractivity contribution in [2.75, 3.05) is 11.9 Å². The van der Waals surface area contributed by atoms with Crippen LogP contribution in [0.1, 0.15) is 52.0 Å². The van der Waals surface area contributed by atoms with Crippen molar-refractivity contribution in [1.29, 1.82) is 0 Å². The zero-order valence-electron chi connectivity index (χ0n) is 17.4. The van der Waals surface area contributed by atoms with Gasteiger partial charge in [-0.1, -0.05) is 0 Å². The fraction of sp³-hybridized carbons (Fsp3) is 0.579. The molecular weight excluding hydrogens is 380 g/mol. The summed E-state index contributed by atoms with van der Waals surface area (Å²) in [4.78, 5) is 24.9. The molecule has 28 heavy (non-hydrogen) atoms. The van der Waals surface area contributed by atoms with E-state index in [9.17, 15) is 9.59 Å². The van der Waals surface area contributed by atoms with E-state index >= 15 is 0 Å². The number of nitrogens with one attached hydrogen (secondary N) is 2. The van der Waals surface area contributed by atoms with Crippen molar-refractivity contribution in [3.63, 3.8) is 0 Å². The highest BCUT2D eigenvalue weighted by Gasteiger charge is 2.20. The summed E-state index contributed by atoms with van der Waals surface area (Å²) in [7, 11) is 0. The third kappa shape index (κ3) is 6.33. The quantitative estimate of drug-likeness (QED) is 0.777. The lowest BCUT2D eigenvalue weighted by atomic mass is 10.2. The number of carbonyl (C=O) groups excluding carboxylic acids is 2. The van der Waals surface area contributed by atoms with E-state index in [1.807, 2.05) is 27.7 Å². The van der Waals surface area contributed by atoms with Crippen LogP contribution < -0.4 is 10.6 Å². The fourth-order valence-electron chi connectivity index (χ4n) is 2.39. The maximum absolute atomic E-state index is 12.1. The molecule has 0 spiro atoms. The molecule has 0 radical (unpaired) electrons. The molecule has 0 fully saturated rings. The lowest BCUT2D eigenvalue weighted by Gasteiger charge is -2.19. The van der Waals surface area contributed by atoms with Crippen LogP contribution in [-0.2, 0) is 15.9 Å². The summed E-state index contributed by atoms with van der Waals surface area (Å²) >= 11 is 1.51. The summed E-state index contributed by atoms with van der Waals surface area (Å²) in [5.74, 6) is 0. The van der Waals surface area contributed by atoms with Crippen molar-refractivity contribution in [2.45, 2.75) is 66.1 Å². The van der Waals surface area contributed by atoms with E-state index in [0.717, 1.165) is 20.7 Å². The first kappa shape index (κ1) is 21.9. The van der Waals surface area contributed by atoms with E-state index in [1.54, 1.807) is 20.8 Å². The van der Waals surface area contributed by atoms with Crippen LogP contribution in [0.25, 0.3) is 10.2 Å². The zero-order valence-corrected chi connectivity index (χ0v) is 18.2. The van der Waals surface area contributed by atoms with E-state index < -0.39 is 23.4 Å². The Hall–Kier alpha value is -2.42. The molecule has 0 aliphatic heterocycles. The van der Waals surface area contributed by atoms with E-state index in [2.05, 4.69) is 20.8 Å². The topological polar surface area (TPSA) is 102 Å². The van der Waals surface area contributed by atoms with Crippen LogP contribution in [0, 0.1) is 6.92 Å². The molecule has 0 atom stereocenters. The zero-order chi connectivity index (χ0) is 21.1. The lowest BCUT2D eigenvalue weighted by molar-refractivity contribution is 0.0527. The van der Waals surface area contributed by atoms with Gasteiger partial charge in [-0.15, -0.1) is 16.4 Å². The van der Waals surface area contributed by atoms with Crippen LogP contribution in [0.5, 0.6) is 0 Å². The Kier molecular flexibility index (Phi) is 6.48. The van der Waals surface area contributed by atoms with Gasteiger partial charge in [0.25, 0.3) is 0 Å². The average Bonchev–Trinajstić information content (AvgIpc) is 2.81.